The van der Waals surface area contributed by atoms with Crippen LogP contribution < -0.4 is 5.32 Å². The third kappa shape index (κ3) is 5.22. The lowest BCUT2D eigenvalue weighted by Gasteiger charge is -2.29. The van der Waals surface area contributed by atoms with Gasteiger partial charge in [0, 0.05) is 29.9 Å². The fourth-order valence-corrected chi connectivity index (χ4v) is 4.61. The molecule has 0 unspecified atom stereocenters. The van der Waals surface area contributed by atoms with Gasteiger partial charge < -0.3 is 5.32 Å². The van der Waals surface area contributed by atoms with Crippen molar-refractivity contribution in [3.63, 3.8) is 0 Å². The van der Waals surface area contributed by atoms with E-state index in [-0.39, 0.29) is 10.8 Å². The van der Waals surface area contributed by atoms with Gasteiger partial charge >= 0.3 is 0 Å². The molecule has 0 aliphatic carbocycles. The standard InChI is InChI=1S/C21H23ClN2O3S/c1-16-12-14-24(15-13-16)28(26,27)20-9-7-19(8-10-20)23-21(25)11-4-17-2-5-18(22)6-3-17/h2-11,16H,12-15H2,1H3,(H,23,25). The number of sulfonamides is 1. The van der Waals surface area contributed by atoms with Crippen molar-refractivity contribution in [1.29, 1.82) is 0 Å². The summed E-state index contributed by atoms with van der Waals surface area (Å²) in [6.07, 6.45) is 4.87. The van der Waals surface area contributed by atoms with Gasteiger partial charge in [0.2, 0.25) is 15.9 Å². The fraction of sp³-hybridized carbons (Fsp3) is 0.286. The van der Waals surface area contributed by atoms with E-state index in [2.05, 4.69) is 12.2 Å². The van der Waals surface area contributed by atoms with E-state index < -0.39 is 10.0 Å². The number of anilines is 1. The van der Waals surface area contributed by atoms with Crippen molar-refractivity contribution in [2.75, 3.05) is 18.4 Å². The van der Waals surface area contributed by atoms with Crippen molar-refractivity contribution in [2.24, 2.45) is 5.92 Å². The van der Waals surface area contributed by atoms with Crippen molar-refractivity contribution in [2.45, 2.75) is 24.7 Å². The molecule has 7 heteroatoms. The maximum atomic E-state index is 12.7. The minimum absolute atomic E-state index is 0.247. The Bertz CT molecular complexity index is 946. The molecule has 0 atom stereocenters. The van der Waals surface area contributed by atoms with Crippen molar-refractivity contribution >= 4 is 39.3 Å². The third-order valence-corrected chi connectivity index (χ3v) is 6.96. The highest BCUT2D eigenvalue weighted by Gasteiger charge is 2.27. The van der Waals surface area contributed by atoms with Crippen LogP contribution in [-0.4, -0.2) is 31.7 Å². The molecule has 1 amide bonds. The van der Waals surface area contributed by atoms with Gasteiger partial charge in [0.05, 0.1) is 4.90 Å². The zero-order valence-corrected chi connectivity index (χ0v) is 17.2. The molecule has 0 radical (unpaired) electrons. The van der Waals surface area contributed by atoms with E-state index in [1.807, 2.05) is 12.1 Å². The van der Waals surface area contributed by atoms with Crippen molar-refractivity contribution < 1.29 is 13.2 Å². The van der Waals surface area contributed by atoms with Gasteiger partial charge in [-0.15, -0.1) is 0 Å². The van der Waals surface area contributed by atoms with E-state index in [0.29, 0.717) is 29.7 Å². The smallest absolute Gasteiger partial charge is 0.248 e. The summed E-state index contributed by atoms with van der Waals surface area (Å²) in [6.45, 7) is 3.25. The molecule has 28 heavy (non-hydrogen) atoms. The van der Waals surface area contributed by atoms with Crippen LogP contribution in [-0.2, 0) is 14.8 Å². The topological polar surface area (TPSA) is 66.5 Å². The van der Waals surface area contributed by atoms with Crippen LogP contribution >= 0.6 is 11.6 Å². The highest BCUT2D eigenvalue weighted by molar-refractivity contribution is 7.89. The molecule has 0 saturated carbocycles. The number of amides is 1. The molecule has 1 N–H and O–H groups in total. The number of carbonyl (C=O) groups excluding carboxylic acids is 1. The van der Waals surface area contributed by atoms with E-state index in [9.17, 15) is 13.2 Å². The Morgan fingerprint density at radius 1 is 1.07 bits per heavy atom. The van der Waals surface area contributed by atoms with E-state index in [0.717, 1.165) is 18.4 Å². The second kappa shape index (κ2) is 8.90. The molecular weight excluding hydrogens is 396 g/mol. The van der Waals surface area contributed by atoms with Crippen molar-refractivity contribution in [3.8, 4) is 0 Å². The zero-order valence-electron chi connectivity index (χ0n) is 15.6. The predicted octanol–water partition coefficient (Wildman–Crippen LogP) is 4.41. The fourth-order valence-electron chi connectivity index (χ4n) is 3.01. The Morgan fingerprint density at radius 3 is 2.29 bits per heavy atom. The van der Waals surface area contributed by atoms with Gasteiger partial charge in [-0.05, 0) is 66.8 Å². The van der Waals surface area contributed by atoms with Gasteiger partial charge in [-0.1, -0.05) is 30.7 Å². The van der Waals surface area contributed by atoms with Crippen LogP contribution in [0.1, 0.15) is 25.3 Å². The number of halogens is 1. The Hall–Kier alpha value is -2.15. The number of benzene rings is 2. The molecule has 1 saturated heterocycles. The average Bonchev–Trinajstić information content (AvgIpc) is 2.68. The molecule has 1 fully saturated rings. The van der Waals surface area contributed by atoms with E-state index >= 15 is 0 Å². The Morgan fingerprint density at radius 2 is 1.68 bits per heavy atom. The van der Waals surface area contributed by atoms with Crippen LogP contribution in [0.5, 0.6) is 0 Å². The second-order valence-corrected chi connectivity index (χ2v) is 9.36. The number of hydrogen-bond donors (Lipinski definition) is 1. The Balaban J connectivity index is 1.62. The number of nitrogens with zero attached hydrogens (tertiary/aromatic N) is 1. The quantitative estimate of drug-likeness (QED) is 0.731. The summed E-state index contributed by atoms with van der Waals surface area (Å²) >= 11 is 5.83. The molecule has 0 spiro atoms. The molecule has 2 aromatic carbocycles. The molecular formula is C21H23ClN2O3S. The maximum Gasteiger partial charge on any atom is 0.248 e. The molecule has 148 valence electrons. The first-order valence-corrected chi connectivity index (χ1v) is 11.0. The third-order valence-electron chi connectivity index (χ3n) is 4.80. The summed E-state index contributed by atoms with van der Waals surface area (Å²) in [6, 6.07) is 13.4. The van der Waals surface area contributed by atoms with Gasteiger partial charge in [-0.25, -0.2) is 8.42 Å². The van der Waals surface area contributed by atoms with E-state index in [1.54, 1.807) is 30.3 Å². The van der Waals surface area contributed by atoms with Gasteiger partial charge in [0.25, 0.3) is 0 Å². The number of nitrogens with one attached hydrogen (secondary N) is 1. The highest BCUT2D eigenvalue weighted by Crippen LogP contribution is 2.24. The largest absolute Gasteiger partial charge is 0.323 e. The van der Waals surface area contributed by atoms with Crippen molar-refractivity contribution in [3.05, 3.63) is 65.2 Å². The summed E-state index contributed by atoms with van der Waals surface area (Å²) in [7, 11) is -3.48. The van der Waals surface area contributed by atoms with Crippen LogP contribution in [0.3, 0.4) is 0 Å². The maximum absolute atomic E-state index is 12.7. The van der Waals surface area contributed by atoms with Crippen molar-refractivity contribution in [1.82, 2.24) is 4.31 Å². The van der Waals surface area contributed by atoms with Gasteiger partial charge in [-0.3, -0.25) is 4.79 Å². The SMILES string of the molecule is CC1CCN(S(=O)(=O)c2ccc(NC(=O)C=Cc3ccc(Cl)cc3)cc2)CC1. The van der Waals surface area contributed by atoms with E-state index in [1.165, 1.54) is 22.5 Å². The minimum atomic E-state index is -3.48. The summed E-state index contributed by atoms with van der Waals surface area (Å²) in [5.41, 5.74) is 1.40. The zero-order chi connectivity index (χ0) is 20.1. The average molecular weight is 419 g/mol. The monoisotopic (exact) mass is 418 g/mol. The first-order chi connectivity index (χ1) is 13.3. The summed E-state index contributed by atoms with van der Waals surface area (Å²) in [5, 5.41) is 3.36. The minimum Gasteiger partial charge on any atom is -0.323 e. The van der Waals surface area contributed by atoms with Crippen LogP contribution in [0.2, 0.25) is 5.02 Å². The van der Waals surface area contributed by atoms with Crippen LogP contribution in [0, 0.1) is 5.92 Å². The van der Waals surface area contributed by atoms with Gasteiger partial charge in [0.15, 0.2) is 0 Å². The lowest BCUT2D eigenvalue weighted by molar-refractivity contribution is -0.111. The molecule has 0 bridgehead atoms. The lowest BCUT2D eigenvalue weighted by atomic mass is 10.0. The lowest BCUT2D eigenvalue weighted by Crippen LogP contribution is -2.37. The first kappa shape index (κ1) is 20.6. The second-order valence-electron chi connectivity index (χ2n) is 6.99. The summed E-state index contributed by atoms with van der Waals surface area (Å²) < 4.78 is 27.0. The normalized spacial score (nSPS) is 16.4. The van der Waals surface area contributed by atoms with Crippen LogP contribution in [0.15, 0.2) is 59.5 Å². The molecule has 1 aliphatic rings. The summed E-state index contributed by atoms with van der Waals surface area (Å²) in [4.78, 5) is 12.3. The van der Waals surface area contributed by atoms with Gasteiger partial charge in [0.1, 0.15) is 0 Å². The summed E-state index contributed by atoms with van der Waals surface area (Å²) in [5.74, 6) is 0.264. The van der Waals surface area contributed by atoms with Crippen LogP contribution in [0.4, 0.5) is 5.69 Å². The molecule has 3 rings (SSSR count). The number of carbonyl (C=O) groups is 1. The first-order valence-electron chi connectivity index (χ1n) is 9.19. The molecule has 0 aromatic heterocycles. The number of rotatable bonds is 5. The Labute approximate surface area is 171 Å². The molecule has 1 aliphatic heterocycles. The van der Waals surface area contributed by atoms with E-state index in [4.69, 9.17) is 11.6 Å². The number of hydrogen-bond acceptors (Lipinski definition) is 3. The molecule has 2 aromatic rings. The van der Waals surface area contributed by atoms with Gasteiger partial charge in [-0.2, -0.15) is 4.31 Å². The highest BCUT2D eigenvalue weighted by atomic mass is 35.5. The molecule has 1 heterocycles. The van der Waals surface area contributed by atoms with Crippen LogP contribution in [0.25, 0.3) is 6.08 Å². The Kier molecular flexibility index (Phi) is 6.54. The number of piperidine rings is 1. The molecule has 5 nitrogen and oxygen atoms in total. The predicted molar refractivity (Wildman–Crippen MR) is 113 cm³/mol.